The molecule has 0 aromatic carbocycles. The van der Waals surface area contributed by atoms with Crippen LogP contribution in [0.4, 0.5) is 0 Å². The van der Waals surface area contributed by atoms with Gasteiger partial charge in [-0.25, -0.2) is 4.79 Å². The van der Waals surface area contributed by atoms with Crippen molar-refractivity contribution in [3.8, 4) is 5.00 Å². The van der Waals surface area contributed by atoms with Gasteiger partial charge in [-0.15, -0.1) is 22.7 Å². The topological polar surface area (TPSA) is 77.4 Å². The van der Waals surface area contributed by atoms with E-state index >= 15 is 0 Å². The highest BCUT2D eigenvalue weighted by Gasteiger charge is 2.19. The smallest absolute Gasteiger partial charge is 0.341 e. The van der Waals surface area contributed by atoms with Crippen molar-refractivity contribution in [2.45, 2.75) is 13.8 Å². The molecule has 0 aliphatic carbocycles. The third-order valence-electron chi connectivity index (χ3n) is 3.67. The van der Waals surface area contributed by atoms with Gasteiger partial charge in [-0.05, 0) is 48.9 Å². The van der Waals surface area contributed by atoms with Crippen molar-refractivity contribution in [3.63, 3.8) is 0 Å². The number of imide groups is 1. The first-order valence-electron chi connectivity index (χ1n) is 7.75. The van der Waals surface area contributed by atoms with Crippen molar-refractivity contribution in [3.05, 3.63) is 62.9 Å². The van der Waals surface area contributed by atoms with Crippen LogP contribution in [0, 0.1) is 13.8 Å². The van der Waals surface area contributed by atoms with Crippen LogP contribution in [-0.4, -0.2) is 29.0 Å². The molecule has 0 aliphatic rings. The number of aromatic nitrogens is 1. The number of carbonyl (C=O) groups is 3. The molecule has 3 aromatic heterocycles. The van der Waals surface area contributed by atoms with Gasteiger partial charge in [0.25, 0.3) is 11.8 Å². The molecule has 1 N–H and O–H groups in total. The molecule has 26 heavy (non-hydrogen) atoms. The van der Waals surface area contributed by atoms with Crippen molar-refractivity contribution in [2.75, 3.05) is 6.61 Å². The van der Waals surface area contributed by atoms with Gasteiger partial charge < -0.3 is 9.30 Å². The van der Waals surface area contributed by atoms with E-state index in [2.05, 4.69) is 5.32 Å². The first kappa shape index (κ1) is 18.1. The van der Waals surface area contributed by atoms with Gasteiger partial charge in [0.05, 0.1) is 10.4 Å². The normalized spacial score (nSPS) is 10.5. The monoisotopic (exact) mass is 388 g/mol. The minimum atomic E-state index is -0.665. The standard InChI is InChI=1S/C18H16N2O4S2/c1-11-5-6-12(2)20(11)17-13(7-9-26-17)18(23)24-10-15(21)19-16(22)14-4-3-8-25-14/h3-9H,10H2,1-2H3,(H,19,21,22). The summed E-state index contributed by atoms with van der Waals surface area (Å²) in [7, 11) is 0. The fourth-order valence-corrected chi connectivity index (χ4v) is 4.08. The Morgan fingerprint density at radius 2 is 1.77 bits per heavy atom. The Morgan fingerprint density at radius 1 is 1.04 bits per heavy atom. The number of nitrogens with one attached hydrogen (secondary N) is 1. The first-order chi connectivity index (χ1) is 12.5. The Bertz CT molecular complexity index is 934. The summed E-state index contributed by atoms with van der Waals surface area (Å²) < 4.78 is 7.04. The molecule has 0 unspecified atom stereocenters. The lowest BCUT2D eigenvalue weighted by atomic mass is 10.3. The van der Waals surface area contributed by atoms with Gasteiger partial charge in [-0.2, -0.15) is 0 Å². The molecule has 8 heteroatoms. The Morgan fingerprint density at radius 3 is 2.42 bits per heavy atom. The van der Waals surface area contributed by atoms with Gasteiger partial charge in [0.2, 0.25) is 0 Å². The fraction of sp³-hybridized carbons (Fsp3) is 0.167. The fourth-order valence-electron chi connectivity index (χ4n) is 2.46. The number of hydrogen-bond acceptors (Lipinski definition) is 6. The zero-order valence-corrected chi connectivity index (χ0v) is 15.8. The minimum absolute atomic E-state index is 0.384. The molecule has 0 saturated heterocycles. The third-order valence-corrected chi connectivity index (χ3v) is 5.44. The van der Waals surface area contributed by atoms with Crippen LogP contribution in [-0.2, 0) is 9.53 Å². The second kappa shape index (κ2) is 7.67. The average molecular weight is 388 g/mol. The van der Waals surface area contributed by atoms with Gasteiger partial charge in [-0.3, -0.25) is 14.9 Å². The highest BCUT2D eigenvalue weighted by Crippen LogP contribution is 2.26. The lowest BCUT2D eigenvalue weighted by molar-refractivity contribution is -0.123. The molecule has 0 atom stereocenters. The third kappa shape index (κ3) is 3.76. The molecule has 0 fully saturated rings. The molecule has 0 spiro atoms. The number of rotatable bonds is 5. The van der Waals surface area contributed by atoms with Crippen molar-refractivity contribution in [2.24, 2.45) is 0 Å². The second-order valence-corrected chi connectivity index (χ2v) is 7.36. The van der Waals surface area contributed by atoms with Crippen molar-refractivity contribution in [1.82, 2.24) is 9.88 Å². The number of thiophene rings is 2. The van der Waals surface area contributed by atoms with Gasteiger partial charge in [0.15, 0.2) is 6.61 Å². The van der Waals surface area contributed by atoms with Gasteiger partial charge in [0, 0.05) is 11.4 Å². The summed E-state index contributed by atoms with van der Waals surface area (Å²) in [5, 5.41) is 6.47. The molecule has 3 aromatic rings. The van der Waals surface area contributed by atoms with Crippen molar-refractivity contribution < 1.29 is 19.1 Å². The van der Waals surface area contributed by atoms with Crippen LogP contribution < -0.4 is 5.32 Å². The van der Waals surface area contributed by atoms with Crippen LogP contribution in [0.2, 0.25) is 0 Å². The maximum atomic E-state index is 12.4. The van der Waals surface area contributed by atoms with E-state index in [9.17, 15) is 14.4 Å². The molecule has 3 rings (SSSR count). The number of carbonyl (C=O) groups excluding carboxylic acids is 3. The summed E-state index contributed by atoms with van der Waals surface area (Å²) >= 11 is 2.64. The highest BCUT2D eigenvalue weighted by molar-refractivity contribution is 7.13. The minimum Gasteiger partial charge on any atom is -0.452 e. The van der Waals surface area contributed by atoms with E-state index < -0.39 is 24.4 Å². The van der Waals surface area contributed by atoms with Crippen LogP contribution >= 0.6 is 22.7 Å². The SMILES string of the molecule is Cc1ccc(C)n1-c1sccc1C(=O)OCC(=O)NC(=O)c1cccs1. The lowest BCUT2D eigenvalue weighted by Crippen LogP contribution is -2.33. The second-order valence-electron chi connectivity index (χ2n) is 5.52. The first-order valence-corrected chi connectivity index (χ1v) is 9.51. The predicted molar refractivity (Wildman–Crippen MR) is 100 cm³/mol. The largest absolute Gasteiger partial charge is 0.452 e. The Hall–Kier alpha value is -2.71. The molecular weight excluding hydrogens is 372 g/mol. The van der Waals surface area contributed by atoms with E-state index in [1.54, 1.807) is 29.0 Å². The van der Waals surface area contributed by atoms with E-state index in [1.807, 2.05) is 30.5 Å². The summed E-state index contributed by atoms with van der Waals surface area (Å²) in [6, 6.07) is 8.92. The van der Waals surface area contributed by atoms with E-state index in [0.717, 1.165) is 16.4 Å². The van der Waals surface area contributed by atoms with Crippen LogP contribution in [0.25, 0.3) is 5.00 Å². The Balaban J connectivity index is 1.64. The van der Waals surface area contributed by atoms with E-state index in [1.165, 1.54) is 22.7 Å². The van der Waals surface area contributed by atoms with Crippen LogP contribution in [0.15, 0.2) is 41.1 Å². The summed E-state index contributed by atoms with van der Waals surface area (Å²) in [4.78, 5) is 36.4. The number of ether oxygens (including phenoxy) is 1. The summed E-state index contributed by atoms with van der Waals surface area (Å²) in [5.74, 6) is -1.77. The molecule has 3 heterocycles. The number of nitrogens with zero attached hydrogens (tertiary/aromatic N) is 1. The molecule has 0 aliphatic heterocycles. The molecule has 2 amide bonds. The van der Waals surface area contributed by atoms with Gasteiger partial charge in [0.1, 0.15) is 5.00 Å². The Labute approximate surface area is 158 Å². The number of hydrogen-bond donors (Lipinski definition) is 1. The van der Waals surface area contributed by atoms with E-state index in [-0.39, 0.29) is 0 Å². The quantitative estimate of drug-likeness (QED) is 0.680. The molecular formula is C18H16N2O4S2. The zero-order chi connectivity index (χ0) is 18.7. The highest BCUT2D eigenvalue weighted by atomic mass is 32.1. The van der Waals surface area contributed by atoms with E-state index in [0.29, 0.717) is 10.4 Å². The lowest BCUT2D eigenvalue weighted by Gasteiger charge is -2.10. The molecule has 0 bridgehead atoms. The summed E-state index contributed by atoms with van der Waals surface area (Å²) in [5.41, 5.74) is 2.38. The zero-order valence-electron chi connectivity index (χ0n) is 14.1. The molecule has 0 saturated carbocycles. The van der Waals surface area contributed by atoms with Crippen LogP contribution in [0.3, 0.4) is 0 Å². The van der Waals surface area contributed by atoms with E-state index in [4.69, 9.17) is 4.74 Å². The summed E-state index contributed by atoms with van der Waals surface area (Å²) in [6.45, 7) is 3.38. The van der Waals surface area contributed by atoms with Crippen LogP contribution in [0.5, 0.6) is 0 Å². The number of amides is 2. The predicted octanol–water partition coefficient (Wildman–Crippen LogP) is 3.33. The van der Waals surface area contributed by atoms with Crippen LogP contribution in [0.1, 0.15) is 31.4 Å². The molecule has 134 valence electrons. The van der Waals surface area contributed by atoms with Gasteiger partial charge in [-0.1, -0.05) is 6.07 Å². The maximum absolute atomic E-state index is 12.4. The molecule has 0 radical (unpaired) electrons. The van der Waals surface area contributed by atoms with Gasteiger partial charge >= 0.3 is 5.97 Å². The number of aryl methyl sites for hydroxylation is 2. The number of esters is 1. The average Bonchev–Trinajstić information content (AvgIpc) is 3.34. The van der Waals surface area contributed by atoms with Crippen molar-refractivity contribution in [1.29, 1.82) is 0 Å². The Kier molecular flexibility index (Phi) is 5.34. The summed E-state index contributed by atoms with van der Waals surface area (Å²) in [6.07, 6.45) is 0. The maximum Gasteiger partial charge on any atom is 0.341 e. The molecule has 6 nitrogen and oxygen atoms in total. The van der Waals surface area contributed by atoms with Crippen molar-refractivity contribution >= 4 is 40.5 Å².